The molecule has 18 heavy (non-hydrogen) atoms. The largest absolute Gasteiger partial charge is 0.336 e. The maximum absolute atomic E-state index is 13.1. The molecule has 1 heterocycles. The molecule has 0 saturated carbocycles. The number of carbonyl (C=O) groups is 1. The lowest BCUT2D eigenvalue weighted by molar-refractivity contribution is 0.0729. The van der Waals surface area contributed by atoms with E-state index < -0.39 is 0 Å². The van der Waals surface area contributed by atoms with E-state index in [1.54, 1.807) is 12.1 Å². The number of carbonyl (C=O) groups excluding carboxylic acids is 1. The monoisotopic (exact) mass is 269 g/mol. The molecule has 1 atom stereocenters. The maximum Gasteiger partial charge on any atom is 0.254 e. The number of likely N-dealkylation sites (tertiary alicyclic amines) is 1. The van der Waals surface area contributed by atoms with Gasteiger partial charge in [-0.25, -0.2) is 4.39 Å². The predicted octanol–water partition coefficient (Wildman–Crippen LogP) is 3.45. The summed E-state index contributed by atoms with van der Waals surface area (Å²) in [4.78, 5) is 14.2. The van der Waals surface area contributed by atoms with Gasteiger partial charge < -0.3 is 4.90 Å². The zero-order valence-electron chi connectivity index (χ0n) is 10.2. The molecule has 1 aromatic carbocycles. The number of halogens is 2. The Morgan fingerprint density at radius 3 is 3.06 bits per heavy atom. The second kappa shape index (κ2) is 6.19. The highest BCUT2D eigenvalue weighted by Gasteiger charge is 2.28. The van der Waals surface area contributed by atoms with Crippen molar-refractivity contribution in [3.63, 3.8) is 0 Å². The molecule has 2 nitrogen and oxygen atoms in total. The highest BCUT2D eigenvalue weighted by Crippen LogP contribution is 2.23. The van der Waals surface area contributed by atoms with E-state index in [2.05, 4.69) is 0 Å². The van der Waals surface area contributed by atoms with E-state index in [1.807, 2.05) is 4.90 Å². The van der Waals surface area contributed by atoms with Crippen LogP contribution < -0.4 is 0 Å². The second-order valence-electron chi connectivity index (χ2n) is 4.64. The SMILES string of the molecule is O=C(c1cccc(F)c1)N1CCCC1CCCCl. The summed E-state index contributed by atoms with van der Waals surface area (Å²) in [6.07, 6.45) is 3.90. The molecule has 1 aromatic rings. The molecule has 0 radical (unpaired) electrons. The molecule has 1 aliphatic heterocycles. The summed E-state index contributed by atoms with van der Waals surface area (Å²) in [5.41, 5.74) is 0.438. The summed E-state index contributed by atoms with van der Waals surface area (Å²) in [7, 11) is 0. The van der Waals surface area contributed by atoms with Gasteiger partial charge in [0.15, 0.2) is 0 Å². The van der Waals surface area contributed by atoms with Crippen LogP contribution in [0.1, 0.15) is 36.0 Å². The molecule has 0 N–H and O–H groups in total. The molecule has 1 amide bonds. The van der Waals surface area contributed by atoms with Crippen LogP contribution in [0.25, 0.3) is 0 Å². The van der Waals surface area contributed by atoms with Crippen LogP contribution in [0.3, 0.4) is 0 Å². The normalized spacial score (nSPS) is 19.2. The molecule has 98 valence electrons. The van der Waals surface area contributed by atoms with Crippen molar-refractivity contribution in [2.24, 2.45) is 0 Å². The molecule has 0 aliphatic carbocycles. The van der Waals surface area contributed by atoms with Crippen molar-refractivity contribution in [2.45, 2.75) is 31.7 Å². The highest BCUT2D eigenvalue weighted by atomic mass is 35.5. The lowest BCUT2D eigenvalue weighted by Crippen LogP contribution is -2.35. The highest BCUT2D eigenvalue weighted by molar-refractivity contribution is 6.17. The van der Waals surface area contributed by atoms with E-state index in [0.717, 1.165) is 32.2 Å². The van der Waals surface area contributed by atoms with Crippen molar-refractivity contribution >= 4 is 17.5 Å². The molecule has 0 bridgehead atoms. The molecular formula is C14H17ClFNO. The molecular weight excluding hydrogens is 253 g/mol. The first-order chi connectivity index (χ1) is 8.72. The summed E-state index contributed by atoms with van der Waals surface area (Å²) in [6.45, 7) is 0.766. The van der Waals surface area contributed by atoms with Gasteiger partial charge in [-0.3, -0.25) is 4.79 Å². The smallest absolute Gasteiger partial charge is 0.254 e. The third-order valence-corrected chi connectivity index (χ3v) is 3.65. The van der Waals surface area contributed by atoms with Crippen molar-refractivity contribution in [1.82, 2.24) is 4.90 Å². The average Bonchev–Trinajstić information content (AvgIpc) is 2.83. The van der Waals surface area contributed by atoms with E-state index >= 15 is 0 Å². The third kappa shape index (κ3) is 3.02. The summed E-state index contributed by atoms with van der Waals surface area (Å²) >= 11 is 5.69. The van der Waals surface area contributed by atoms with Crippen molar-refractivity contribution in [1.29, 1.82) is 0 Å². The molecule has 0 spiro atoms. The lowest BCUT2D eigenvalue weighted by atomic mass is 10.1. The van der Waals surface area contributed by atoms with Gasteiger partial charge in [-0.15, -0.1) is 11.6 Å². The van der Waals surface area contributed by atoms with Gasteiger partial charge in [-0.2, -0.15) is 0 Å². The van der Waals surface area contributed by atoms with Crippen molar-refractivity contribution in [3.8, 4) is 0 Å². The zero-order chi connectivity index (χ0) is 13.0. The number of hydrogen-bond acceptors (Lipinski definition) is 1. The number of alkyl halides is 1. The van der Waals surface area contributed by atoms with E-state index in [9.17, 15) is 9.18 Å². The quantitative estimate of drug-likeness (QED) is 0.767. The Hall–Kier alpha value is -1.09. The minimum atomic E-state index is -0.364. The van der Waals surface area contributed by atoms with E-state index in [0.29, 0.717) is 11.4 Å². The Balaban J connectivity index is 2.08. The fraction of sp³-hybridized carbons (Fsp3) is 0.500. The molecule has 1 unspecified atom stereocenters. The van der Waals surface area contributed by atoms with E-state index in [4.69, 9.17) is 11.6 Å². The molecule has 1 aliphatic rings. The number of hydrogen-bond donors (Lipinski definition) is 0. The molecule has 1 saturated heterocycles. The maximum atomic E-state index is 13.1. The Bertz CT molecular complexity index is 424. The van der Waals surface area contributed by atoms with Crippen molar-refractivity contribution < 1.29 is 9.18 Å². The molecule has 2 rings (SSSR count). The molecule has 4 heteroatoms. The fourth-order valence-corrected chi connectivity index (χ4v) is 2.66. The minimum Gasteiger partial charge on any atom is -0.336 e. The first-order valence-corrected chi connectivity index (χ1v) is 6.88. The summed E-state index contributed by atoms with van der Waals surface area (Å²) < 4.78 is 13.1. The summed E-state index contributed by atoms with van der Waals surface area (Å²) in [5, 5.41) is 0. The number of nitrogens with zero attached hydrogens (tertiary/aromatic N) is 1. The third-order valence-electron chi connectivity index (χ3n) is 3.38. The molecule has 1 fully saturated rings. The molecule has 0 aromatic heterocycles. The van der Waals surface area contributed by atoms with Gasteiger partial charge in [0.05, 0.1) is 0 Å². The van der Waals surface area contributed by atoms with Gasteiger partial charge in [0.2, 0.25) is 0 Å². The topological polar surface area (TPSA) is 20.3 Å². The lowest BCUT2D eigenvalue weighted by Gasteiger charge is -2.24. The van der Waals surface area contributed by atoms with Gasteiger partial charge in [-0.1, -0.05) is 6.07 Å². The van der Waals surface area contributed by atoms with Crippen LogP contribution in [0.4, 0.5) is 4.39 Å². The number of amides is 1. The van der Waals surface area contributed by atoms with Gasteiger partial charge in [0, 0.05) is 24.0 Å². The Morgan fingerprint density at radius 2 is 2.33 bits per heavy atom. The van der Waals surface area contributed by atoms with Crippen LogP contribution in [0.15, 0.2) is 24.3 Å². The Morgan fingerprint density at radius 1 is 1.50 bits per heavy atom. The number of rotatable bonds is 4. The Kier molecular flexibility index (Phi) is 4.59. The van der Waals surface area contributed by atoms with Crippen LogP contribution in [0.5, 0.6) is 0 Å². The van der Waals surface area contributed by atoms with Crippen molar-refractivity contribution in [3.05, 3.63) is 35.6 Å². The fourth-order valence-electron chi connectivity index (χ4n) is 2.50. The van der Waals surface area contributed by atoms with E-state index in [-0.39, 0.29) is 17.8 Å². The Labute approximate surface area is 112 Å². The minimum absolute atomic E-state index is 0.0634. The van der Waals surface area contributed by atoms with Crippen molar-refractivity contribution in [2.75, 3.05) is 12.4 Å². The average molecular weight is 270 g/mol. The second-order valence-corrected chi connectivity index (χ2v) is 5.01. The van der Waals surface area contributed by atoms with Crippen LogP contribution >= 0.6 is 11.6 Å². The van der Waals surface area contributed by atoms with Gasteiger partial charge in [0.25, 0.3) is 5.91 Å². The first kappa shape index (κ1) is 13.3. The standard InChI is InChI=1S/C14H17ClFNO/c15-8-2-6-13-7-3-9-17(13)14(18)11-4-1-5-12(16)10-11/h1,4-5,10,13H,2-3,6-9H2. The summed E-state index contributed by atoms with van der Waals surface area (Å²) in [6, 6.07) is 6.17. The predicted molar refractivity (Wildman–Crippen MR) is 70.4 cm³/mol. The van der Waals surface area contributed by atoms with Gasteiger partial charge in [0.1, 0.15) is 5.82 Å². The number of benzene rings is 1. The van der Waals surface area contributed by atoms with Gasteiger partial charge >= 0.3 is 0 Å². The van der Waals surface area contributed by atoms with E-state index in [1.165, 1.54) is 12.1 Å². The summed E-state index contributed by atoms with van der Waals surface area (Å²) in [5.74, 6) is 0.197. The van der Waals surface area contributed by atoms with Crippen LogP contribution in [-0.4, -0.2) is 29.3 Å². The first-order valence-electron chi connectivity index (χ1n) is 6.35. The van der Waals surface area contributed by atoms with Gasteiger partial charge in [-0.05, 0) is 43.9 Å². The van der Waals surface area contributed by atoms with Crippen LogP contribution in [0, 0.1) is 5.82 Å². The van der Waals surface area contributed by atoms with Crippen LogP contribution in [-0.2, 0) is 0 Å². The zero-order valence-corrected chi connectivity index (χ0v) is 11.0. The van der Waals surface area contributed by atoms with Crippen LogP contribution in [0.2, 0.25) is 0 Å².